The maximum atomic E-state index is 5.56. The second-order valence-electron chi connectivity index (χ2n) is 5.33. The Hall–Kier alpha value is -0.870. The second-order valence-corrected chi connectivity index (χ2v) is 6.85. The van der Waals surface area contributed by atoms with Crippen LogP contribution in [0.25, 0.3) is 0 Å². The zero-order valence-electron chi connectivity index (χ0n) is 13.4. The molecular formula is C17H27NO2S. The highest BCUT2D eigenvalue weighted by Crippen LogP contribution is 2.31. The first-order valence-corrected chi connectivity index (χ1v) is 8.98. The van der Waals surface area contributed by atoms with E-state index in [1.165, 1.54) is 30.6 Å². The largest absolute Gasteiger partial charge is 0.493 e. The lowest BCUT2D eigenvalue weighted by Gasteiger charge is -2.20. The van der Waals surface area contributed by atoms with Gasteiger partial charge in [0.15, 0.2) is 11.5 Å². The summed E-state index contributed by atoms with van der Waals surface area (Å²) < 4.78 is 11.0. The van der Waals surface area contributed by atoms with Gasteiger partial charge in [-0.05, 0) is 43.2 Å². The Balaban J connectivity index is 1.93. The van der Waals surface area contributed by atoms with Crippen LogP contribution in [0.3, 0.4) is 0 Å². The van der Waals surface area contributed by atoms with Gasteiger partial charge >= 0.3 is 0 Å². The second kappa shape index (κ2) is 8.54. The number of nitrogens with one attached hydrogen (secondary N) is 1. The summed E-state index contributed by atoms with van der Waals surface area (Å²) in [7, 11) is 1.69. The van der Waals surface area contributed by atoms with Gasteiger partial charge in [0.1, 0.15) is 0 Å². The van der Waals surface area contributed by atoms with E-state index in [2.05, 4.69) is 36.1 Å². The first kappa shape index (κ1) is 16.5. The molecule has 0 spiro atoms. The Bertz CT molecular complexity index is 439. The fourth-order valence-corrected chi connectivity index (χ4v) is 4.14. The summed E-state index contributed by atoms with van der Waals surface area (Å²) >= 11 is 2.09. The molecule has 1 saturated carbocycles. The molecule has 0 radical (unpaired) electrons. The van der Waals surface area contributed by atoms with E-state index in [9.17, 15) is 0 Å². The summed E-state index contributed by atoms with van der Waals surface area (Å²) in [6.45, 7) is 5.79. The van der Waals surface area contributed by atoms with Crippen molar-refractivity contribution in [1.29, 1.82) is 0 Å². The van der Waals surface area contributed by atoms with E-state index in [1.807, 2.05) is 13.0 Å². The van der Waals surface area contributed by atoms with Crippen LogP contribution in [0, 0.1) is 0 Å². The van der Waals surface area contributed by atoms with Gasteiger partial charge in [0.2, 0.25) is 0 Å². The summed E-state index contributed by atoms with van der Waals surface area (Å²) in [4.78, 5) is 0. The summed E-state index contributed by atoms with van der Waals surface area (Å²) in [5.74, 6) is 2.85. The number of rotatable bonds is 8. The number of hydrogen-bond acceptors (Lipinski definition) is 4. The molecule has 2 unspecified atom stereocenters. The molecule has 1 N–H and O–H groups in total. The molecule has 2 atom stereocenters. The van der Waals surface area contributed by atoms with Crippen molar-refractivity contribution in [3.63, 3.8) is 0 Å². The molecule has 0 saturated heterocycles. The topological polar surface area (TPSA) is 30.5 Å². The minimum absolute atomic E-state index is 0.646. The standard InChI is InChI=1S/C17H27NO2S/c1-4-20-15-10-9-13(11-16(15)19-3)12-18-14-7-6-8-17(14)21-5-2/h9-11,14,17-18H,4-8,12H2,1-3H3. The molecular weight excluding hydrogens is 282 g/mol. The van der Waals surface area contributed by atoms with Crippen molar-refractivity contribution < 1.29 is 9.47 Å². The quantitative estimate of drug-likeness (QED) is 0.790. The monoisotopic (exact) mass is 309 g/mol. The smallest absolute Gasteiger partial charge is 0.161 e. The van der Waals surface area contributed by atoms with Crippen LogP contribution in [-0.4, -0.2) is 30.8 Å². The minimum atomic E-state index is 0.646. The molecule has 1 aromatic rings. The first-order valence-electron chi connectivity index (χ1n) is 7.93. The number of methoxy groups -OCH3 is 1. The van der Waals surface area contributed by atoms with Crippen LogP contribution in [-0.2, 0) is 6.54 Å². The Morgan fingerprint density at radius 3 is 2.81 bits per heavy atom. The number of hydrogen-bond donors (Lipinski definition) is 1. The molecule has 3 nitrogen and oxygen atoms in total. The molecule has 4 heteroatoms. The predicted molar refractivity (Wildman–Crippen MR) is 90.6 cm³/mol. The molecule has 0 aliphatic heterocycles. The highest BCUT2D eigenvalue weighted by Gasteiger charge is 2.26. The van der Waals surface area contributed by atoms with Crippen molar-refractivity contribution in [2.75, 3.05) is 19.5 Å². The average molecular weight is 309 g/mol. The molecule has 1 aliphatic rings. The van der Waals surface area contributed by atoms with Gasteiger partial charge in [-0.25, -0.2) is 0 Å². The van der Waals surface area contributed by atoms with Gasteiger partial charge in [0, 0.05) is 17.8 Å². The Morgan fingerprint density at radius 2 is 2.10 bits per heavy atom. The molecule has 2 rings (SSSR count). The van der Waals surface area contributed by atoms with Crippen molar-refractivity contribution >= 4 is 11.8 Å². The highest BCUT2D eigenvalue weighted by molar-refractivity contribution is 7.99. The van der Waals surface area contributed by atoms with E-state index in [0.717, 1.165) is 23.3 Å². The fourth-order valence-electron chi connectivity index (χ4n) is 2.92. The Morgan fingerprint density at radius 1 is 1.24 bits per heavy atom. The van der Waals surface area contributed by atoms with E-state index in [-0.39, 0.29) is 0 Å². The Labute approximate surface area is 132 Å². The van der Waals surface area contributed by atoms with E-state index >= 15 is 0 Å². The van der Waals surface area contributed by atoms with Crippen LogP contribution in [0.2, 0.25) is 0 Å². The lowest BCUT2D eigenvalue weighted by atomic mass is 10.1. The summed E-state index contributed by atoms with van der Waals surface area (Å²) in [5.41, 5.74) is 1.25. The summed E-state index contributed by atoms with van der Waals surface area (Å²) in [6.07, 6.45) is 4.00. The van der Waals surface area contributed by atoms with Crippen molar-refractivity contribution in [3.05, 3.63) is 23.8 Å². The zero-order valence-corrected chi connectivity index (χ0v) is 14.2. The Kier molecular flexibility index (Phi) is 6.71. The molecule has 0 amide bonds. The molecule has 0 bridgehead atoms. The van der Waals surface area contributed by atoms with Gasteiger partial charge < -0.3 is 14.8 Å². The van der Waals surface area contributed by atoms with E-state index in [1.54, 1.807) is 7.11 Å². The lowest BCUT2D eigenvalue weighted by molar-refractivity contribution is 0.310. The lowest BCUT2D eigenvalue weighted by Crippen LogP contribution is -2.33. The molecule has 21 heavy (non-hydrogen) atoms. The van der Waals surface area contributed by atoms with Crippen molar-refractivity contribution in [1.82, 2.24) is 5.32 Å². The van der Waals surface area contributed by atoms with Crippen molar-refractivity contribution in [3.8, 4) is 11.5 Å². The zero-order chi connectivity index (χ0) is 15.1. The van der Waals surface area contributed by atoms with Crippen LogP contribution in [0.4, 0.5) is 0 Å². The van der Waals surface area contributed by atoms with E-state index in [0.29, 0.717) is 12.6 Å². The van der Waals surface area contributed by atoms with Crippen LogP contribution in [0.5, 0.6) is 11.5 Å². The van der Waals surface area contributed by atoms with Crippen LogP contribution < -0.4 is 14.8 Å². The summed E-state index contributed by atoms with van der Waals surface area (Å²) in [6, 6.07) is 6.85. The van der Waals surface area contributed by atoms with Crippen LogP contribution in [0.15, 0.2) is 18.2 Å². The first-order chi connectivity index (χ1) is 10.3. The van der Waals surface area contributed by atoms with E-state index in [4.69, 9.17) is 9.47 Å². The predicted octanol–water partition coefficient (Wildman–Crippen LogP) is 3.86. The third-order valence-electron chi connectivity index (χ3n) is 3.93. The van der Waals surface area contributed by atoms with Crippen LogP contribution >= 0.6 is 11.8 Å². The molecule has 1 fully saturated rings. The number of ether oxygens (including phenoxy) is 2. The SMILES string of the molecule is CCOc1ccc(CNC2CCCC2SCC)cc1OC. The summed E-state index contributed by atoms with van der Waals surface area (Å²) in [5, 5.41) is 4.50. The van der Waals surface area contributed by atoms with Crippen LogP contribution in [0.1, 0.15) is 38.7 Å². The van der Waals surface area contributed by atoms with Crippen molar-refractivity contribution in [2.24, 2.45) is 0 Å². The average Bonchev–Trinajstić information content (AvgIpc) is 2.94. The maximum Gasteiger partial charge on any atom is 0.161 e. The normalized spacial score (nSPS) is 21.5. The number of benzene rings is 1. The van der Waals surface area contributed by atoms with E-state index < -0.39 is 0 Å². The third-order valence-corrected chi connectivity index (χ3v) is 5.26. The fraction of sp³-hybridized carbons (Fsp3) is 0.647. The molecule has 118 valence electrons. The maximum absolute atomic E-state index is 5.56. The van der Waals surface area contributed by atoms with Gasteiger partial charge in [-0.1, -0.05) is 19.4 Å². The van der Waals surface area contributed by atoms with Crippen molar-refractivity contribution in [2.45, 2.75) is 50.9 Å². The highest BCUT2D eigenvalue weighted by atomic mass is 32.2. The molecule has 1 aromatic carbocycles. The number of thioether (sulfide) groups is 1. The third kappa shape index (κ3) is 4.55. The molecule has 0 heterocycles. The van der Waals surface area contributed by atoms with Gasteiger partial charge in [0.05, 0.1) is 13.7 Å². The minimum Gasteiger partial charge on any atom is -0.493 e. The van der Waals surface area contributed by atoms with Gasteiger partial charge in [-0.3, -0.25) is 0 Å². The van der Waals surface area contributed by atoms with Gasteiger partial charge in [0.25, 0.3) is 0 Å². The molecule has 0 aromatic heterocycles. The molecule has 1 aliphatic carbocycles. The van der Waals surface area contributed by atoms with Gasteiger partial charge in [-0.15, -0.1) is 0 Å². The van der Waals surface area contributed by atoms with Gasteiger partial charge in [-0.2, -0.15) is 11.8 Å².